The summed E-state index contributed by atoms with van der Waals surface area (Å²) in [6.07, 6.45) is 5.06. The maximum absolute atomic E-state index is 5.27. The molecule has 7 rings (SSSR count). The molecular formula is C40H36N4SiZn. The van der Waals surface area contributed by atoms with Crippen molar-refractivity contribution >= 4 is 42.3 Å². The molecule has 8 bridgehead atoms. The number of aryl methyl sites for hydroxylation is 1. The van der Waals surface area contributed by atoms with Crippen LogP contribution in [0.3, 0.4) is 0 Å². The van der Waals surface area contributed by atoms with Crippen molar-refractivity contribution in [2.45, 2.75) is 52.2 Å². The second-order valence-electron chi connectivity index (χ2n) is 13.8. The maximum Gasteiger partial charge on any atom is 2.00 e. The van der Waals surface area contributed by atoms with Crippen molar-refractivity contribution in [2.24, 2.45) is 0 Å². The zero-order chi connectivity index (χ0) is 31.3. The van der Waals surface area contributed by atoms with Gasteiger partial charge in [-0.1, -0.05) is 118 Å². The number of rotatable bonds is 2. The van der Waals surface area contributed by atoms with Gasteiger partial charge in [0.15, 0.2) is 0 Å². The molecule has 5 heterocycles. The van der Waals surface area contributed by atoms with E-state index in [0.29, 0.717) is 0 Å². The van der Waals surface area contributed by atoms with Gasteiger partial charge in [-0.3, -0.25) is 4.98 Å². The Morgan fingerprint density at radius 1 is 0.696 bits per heavy atom. The second-order valence-corrected chi connectivity index (χ2v) is 18.5. The Kier molecular flexibility index (Phi) is 8.36. The molecule has 0 N–H and O–H groups in total. The van der Waals surface area contributed by atoms with Crippen LogP contribution in [-0.4, -0.2) is 18.0 Å². The maximum atomic E-state index is 5.27. The predicted molar refractivity (Wildman–Crippen MR) is 190 cm³/mol. The summed E-state index contributed by atoms with van der Waals surface area (Å²) in [5.41, 5.74) is 17.2. The molecule has 0 spiro atoms. The minimum Gasteiger partial charge on any atom is -0.657 e. The molecule has 2 aliphatic heterocycles. The normalized spacial score (nSPS) is 13.5. The fraction of sp³-hybridized carbons (Fsp3) is 0.200. The first-order valence-corrected chi connectivity index (χ1v) is 19.0. The third-order valence-electron chi connectivity index (χ3n) is 8.26. The van der Waals surface area contributed by atoms with Crippen LogP contribution in [0, 0.1) is 18.4 Å². The molecule has 222 valence electrons. The zero-order valence-electron chi connectivity index (χ0n) is 27.4. The average molecular weight is 666 g/mol. The second kappa shape index (κ2) is 12.1. The van der Waals surface area contributed by atoms with Gasteiger partial charge in [-0.25, -0.2) is 4.98 Å². The van der Waals surface area contributed by atoms with E-state index in [1.807, 2.05) is 0 Å². The molecule has 5 aromatic rings. The summed E-state index contributed by atoms with van der Waals surface area (Å²) in [7, 11) is -1.48. The van der Waals surface area contributed by atoms with Crippen molar-refractivity contribution in [1.82, 2.24) is 19.9 Å². The molecular weight excluding hydrogens is 630 g/mol. The molecule has 2 aliphatic rings. The topological polar surface area (TPSA) is 54.0 Å². The number of benzene rings is 2. The SMILES string of the molecule is Cc1ccc(-c2c3nc(c(-c4ccc(C#C[Si](C)(C)C)cc4)c4ccc(cc5nc(cc6ccc2[n-]6)C(C)(C)C5)[n-]4)C=C3)cc1.[Zn+2]. The first-order chi connectivity index (χ1) is 21.5. The molecule has 6 heteroatoms. The van der Waals surface area contributed by atoms with E-state index in [4.69, 9.17) is 19.9 Å². The number of nitrogens with zero attached hydrogens (tertiary/aromatic N) is 4. The number of fused-ring (bicyclic) bond motifs is 8. The molecule has 0 fully saturated rings. The Hall–Kier alpha value is -4.30. The predicted octanol–water partition coefficient (Wildman–Crippen LogP) is 9.13. The van der Waals surface area contributed by atoms with E-state index in [0.717, 1.165) is 79.1 Å². The summed E-state index contributed by atoms with van der Waals surface area (Å²) in [5.74, 6) is 3.38. The van der Waals surface area contributed by atoms with Crippen molar-refractivity contribution in [3.8, 4) is 33.7 Å². The zero-order valence-corrected chi connectivity index (χ0v) is 31.4. The third kappa shape index (κ3) is 6.49. The smallest absolute Gasteiger partial charge is 0.657 e. The Labute approximate surface area is 285 Å². The fourth-order valence-electron chi connectivity index (χ4n) is 5.90. The fourth-order valence-corrected chi connectivity index (χ4v) is 6.42. The van der Waals surface area contributed by atoms with E-state index >= 15 is 0 Å². The van der Waals surface area contributed by atoms with E-state index in [1.54, 1.807) is 0 Å². The van der Waals surface area contributed by atoms with Gasteiger partial charge in [0, 0.05) is 28.8 Å². The van der Waals surface area contributed by atoms with Crippen LogP contribution in [0.2, 0.25) is 19.6 Å². The van der Waals surface area contributed by atoms with Gasteiger partial charge in [0.05, 0.1) is 11.4 Å². The van der Waals surface area contributed by atoms with Crippen LogP contribution in [0.15, 0.2) is 84.9 Å². The van der Waals surface area contributed by atoms with Crippen LogP contribution in [0.5, 0.6) is 0 Å². The van der Waals surface area contributed by atoms with Crippen molar-refractivity contribution in [2.75, 3.05) is 0 Å². The van der Waals surface area contributed by atoms with Gasteiger partial charge in [-0.2, -0.15) is 0 Å². The van der Waals surface area contributed by atoms with E-state index in [2.05, 4.69) is 149 Å². The first kappa shape index (κ1) is 31.7. The summed E-state index contributed by atoms with van der Waals surface area (Å²) in [6, 6.07) is 29.7. The minimum atomic E-state index is -1.48. The Morgan fingerprint density at radius 2 is 1.24 bits per heavy atom. The molecule has 0 aliphatic carbocycles. The standard InChI is InChI=1S/C40H36N4Si.Zn/c1-26-7-11-28(12-8-26)38-34-18-16-31(42-34)24-37-40(2,3)25-32(43-37)23-30-15-17-33(41-30)39(36-20-19-35(38)44-36)29-13-9-27(10-14-29)21-22-45(4,5)6;/h7-20,23-24H,25H2,1-6H3;/q-2;+2. The van der Waals surface area contributed by atoms with Gasteiger partial charge in [0.25, 0.3) is 0 Å². The van der Waals surface area contributed by atoms with Crippen molar-refractivity contribution < 1.29 is 19.5 Å². The molecule has 0 unspecified atom stereocenters. The van der Waals surface area contributed by atoms with Crippen LogP contribution in [0.25, 0.3) is 56.5 Å². The molecule has 46 heavy (non-hydrogen) atoms. The summed E-state index contributed by atoms with van der Waals surface area (Å²) in [5, 5.41) is 0. The van der Waals surface area contributed by atoms with Gasteiger partial charge in [0.2, 0.25) is 0 Å². The summed E-state index contributed by atoms with van der Waals surface area (Å²) in [6.45, 7) is 13.4. The third-order valence-corrected chi connectivity index (χ3v) is 9.14. The molecule has 0 atom stereocenters. The quantitative estimate of drug-likeness (QED) is 0.137. The van der Waals surface area contributed by atoms with Crippen LogP contribution in [0.1, 0.15) is 47.8 Å². The van der Waals surface area contributed by atoms with Crippen molar-refractivity contribution in [3.63, 3.8) is 0 Å². The summed E-state index contributed by atoms with van der Waals surface area (Å²) < 4.78 is 0. The van der Waals surface area contributed by atoms with Gasteiger partial charge in [0.1, 0.15) is 8.07 Å². The molecule has 3 aromatic heterocycles. The summed E-state index contributed by atoms with van der Waals surface area (Å²) in [4.78, 5) is 20.6. The molecule has 2 aromatic carbocycles. The first-order valence-electron chi connectivity index (χ1n) is 15.5. The summed E-state index contributed by atoms with van der Waals surface area (Å²) >= 11 is 0. The van der Waals surface area contributed by atoms with Crippen LogP contribution in [0.4, 0.5) is 0 Å². The minimum absolute atomic E-state index is 0. The van der Waals surface area contributed by atoms with Crippen molar-refractivity contribution in [1.29, 1.82) is 0 Å². The van der Waals surface area contributed by atoms with Crippen LogP contribution < -0.4 is 9.97 Å². The number of hydrogen-bond acceptors (Lipinski definition) is 2. The van der Waals surface area contributed by atoms with E-state index in [1.165, 1.54) is 5.56 Å². The Morgan fingerprint density at radius 3 is 1.80 bits per heavy atom. The molecule has 4 nitrogen and oxygen atoms in total. The van der Waals surface area contributed by atoms with E-state index < -0.39 is 8.07 Å². The van der Waals surface area contributed by atoms with E-state index in [-0.39, 0.29) is 24.9 Å². The Balaban J connectivity index is 0.00000372. The molecule has 0 radical (unpaired) electrons. The van der Waals surface area contributed by atoms with Crippen molar-refractivity contribution in [3.05, 3.63) is 119 Å². The average Bonchev–Trinajstić information content (AvgIpc) is 3.79. The number of hydrogen-bond donors (Lipinski definition) is 0. The van der Waals surface area contributed by atoms with Gasteiger partial charge >= 0.3 is 19.5 Å². The number of aromatic nitrogens is 4. The molecule has 0 saturated heterocycles. The van der Waals surface area contributed by atoms with Crippen LogP contribution in [-0.2, 0) is 31.3 Å². The van der Waals surface area contributed by atoms with Gasteiger partial charge < -0.3 is 9.97 Å². The monoisotopic (exact) mass is 664 g/mol. The largest absolute Gasteiger partial charge is 2.00 e. The van der Waals surface area contributed by atoms with Gasteiger partial charge in [-0.05, 0) is 53.5 Å². The molecule has 0 saturated carbocycles. The van der Waals surface area contributed by atoms with E-state index in [9.17, 15) is 0 Å². The van der Waals surface area contributed by atoms with Gasteiger partial charge in [-0.15, -0.1) is 27.6 Å². The molecule has 0 amide bonds. The van der Waals surface area contributed by atoms with Crippen LogP contribution >= 0.6 is 0 Å². The Bertz CT molecular complexity index is 2200.